The molecule has 2 aromatic rings. The molecule has 13 aliphatic rings. The first kappa shape index (κ1) is 56.5. The number of amides is 2. The maximum absolute atomic E-state index is 13.6. The van der Waals surface area contributed by atoms with Crippen molar-refractivity contribution < 1.29 is 42.9 Å². The Morgan fingerprint density at radius 1 is 0.602 bits per heavy atom. The predicted octanol–water partition coefficient (Wildman–Crippen LogP) is 14.3. The molecule has 0 N–H and O–H groups in total. The van der Waals surface area contributed by atoms with E-state index < -0.39 is 0 Å². The summed E-state index contributed by atoms with van der Waals surface area (Å²) < 4.78 is 26.5. The molecule has 2 aromatic carbocycles. The second-order valence-corrected chi connectivity index (χ2v) is 31.5. The van der Waals surface area contributed by atoms with Crippen molar-refractivity contribution in [3.63, 3.8) is 0 Å². The summed E-state index contributed by atoms with van der Waals surface area (Å²) in [6.07, 6.45) is 20.1. The Bertz CT molecular complexity index is 2980. The first-order chi connectivity index (χ1) is 39.6. The van der Waals surface area contributed by atoms with Crippen molar-refractivity contribution in [1.29, 1.82) is 0 Å². The van der Waals surface area contributed by atoms with Crippen LogP contribution >= 0.6 is 0 Å². The number of hydrogen-bond donors (Lipinski definition) is 0. The van der Waals surface area contributed by atoms with Crippen LogP contribution in [0.3, 0.4) is 0 Å². The molecule has 0 radical (unpaired) electrons. The van der Waals surface area contributed by atoms with Crippen molar-refractivity contribution in [3.8, 4) is 0 Å². The van der Waals surface area contributed by atoms with E-state index in [0.29, 0.717) is 84.9 Å². The van der Waals surface area contributed by atoms with Crippen LogP contribution in [0.4, 0.5) is 9.59 Å². The Balaban J connectivity index is 0.000000148. The molecule has 2 amide bonds. The molecule has 448 valence electrons. The summed E-state index contributed by atoms with van der Waals surface area (Å²) in [6, 6.07) is 20.0. The van der Waals surface area contributed by atoms with E-state index in [9.17, 15) is 24.0 Å². The normalized spacial score (nSPS) is 48.1. The number of nitrogens with zero attached hydrogens (tertiary/aromatic N) is 2. The molecule has 11 nitrogen and oxygen atoms in total. The van der Waals surface area contributed by atoms with Gasteiger partial charge in [0.1, 0.15) is 24.8 Å². The summed E-state index contributed by atoms with van der Waals surface area (Å²) in [5, 5.41) is 0. The number of hydrogen-bond acceptors (Lipinski definition) is 9. The molecule has 4 saturated heterocycles. The second kappa shape index (κ2) is 19.6. The van der Waals surface area contributed by atoms with Gasteiger partial charge in [-0.25, -0.2) is 9.59 Å². The third kappa shape index (κ3) is 8.00. The number of allylic oxidation sites excluding steroid dienone is 2. The molecule has 22 atom stereocenters. The van der Waals surface area contributed by atoms with Gasteiger partial charge in [-0.1, -0.05) is 122 Å². The van der Waals surface area contributed by atoms with Crippen LogP contribution in [0.2, 0.25) is 0 Å². The average molecular weight is 1130 g/mol. The fourth-order valence-corrected chi connectivity index (χ4v) is 24.0. The number of likely N-dealkylation sites (tertiary alicyclic amines) is 2. The number of ketones is 3. The highest BCUT2D eigenvalue weighted by molar-refractivity contribution is 5.91. The molecular weight excluding hydrogens is 1040 g/mol. The Kier molecular flexibility index (Phi) is 13.3. The molecule has 4 heterocycles. The first-order valence-electron chi connectivity index (χ1n) is 33.1. The zero-order valence-corrected chi connectivity index (χ0v) is 51.6. The van der Waals surface area contributed by atoms with Crippen LogP contribution < -0.4 is 0 Å². The summed E-state index contributed by atoms with van der Waals surface area (Å²) in [6.45, 7) is 22.7. The van der Waals surface area contributed by atoms with Crippen molar-refractivity contribution in [2.45, 2.75) is 227 Å². The molecule has 12 fully saturated rings. The lowest BCUT2D eigenvalue weighted by Crippen LogP contribution is -2.56. The summed E-state index contributed by atoms with van der Waals surface area (Å²) >= 11 is 0. The van der Waals surface area contributed by atoms with E-state index in [1.54, 1.807) is 6.92 Å². The molecule has 8 saturated carbocycles. The number of carbonyl (C=O) groups is 5. The van der Waals surface area contributed by atoms with Gasteiger partial charge in [-0.15, -0.1) is 0 Å². The molecule has 83 heavy (non-hydrogen) atoms. The largest absolute Gasteiger partial charge is 0.445 e. The zero-order valence-electron chi connectivity index (χ0n) is 51.6. The number of carbonyl (C=O) groups excluding carboxylic acids is 5. The lowest BCUT2D eigenvalue weighted by molar-refractivity contribution is -0.148. The van der Waals surface area contributed by atoms with Crippen LogP contribution in [0.25, 0.3) is 0 Å². The quantitative estimate of drug-likeness (QED) is 0.266. The van der Waals surface area contributed by atoms with Crippen molar-refractivity contribution >= 4 is 29.5 Å². The van der Waals surface area contributed by atoms with Gasteiger partial charge < -0.3 is 33.5 Å². The van der Waals surface area contributed by atoms with Crippen LogP contribution in [0.1, 0.15) is 189 Å². The SMILES string of the molecule is CC(=O)CC[C@@]1(C)C(=O)CC[C@H]2[C@@H]3CC[C@]4(O[C@@H]5C[C@H](C)CN(C(=O)OCc6ccccc6)[C@H]5[C@H]4C)[C@]4(C)C[C@]34C[C@@H]21.C[C@H]1C[C@H]2O[C@]3(CC[C@H]4[C@@H]5CCC6=CC(=O)CC[C@]6(C)[C@H]5C[C@@]45C[C@]53C)[C@H](C)[C@@H]2N(C(=O)OCc2ccccc2)C1. The molecule has 15 rings (SSSR count). The number of fused-ring (bicyclic) bond motifs is 10. The highest BCUT2D eigenvalue weighted by Crippen LogP contribution is 2.89. The molecule has 0 bridgehead atoms. The minimum Gasteiger partial charge on any atom is -0.445 e. The van der Waals surface area contributed by atoms with Crippen molar-refractivity contribution in [2.24, 2.45) is 91.7 Å². The van der Waals surface area contributed by atoms with Gasteiger partial charge in [0, 0.05) is 60.4 Å². The fourth-order valence-electron chi connectivity index (χ4n) is 24.0. The molecule has 4 aliphatic heterocycles. The number of rotatable bonds is 7. The Morgan fingerprint density at radius 2 is 1.08 bits per heavy atom. The third-order valence-electron chi connectivity index (χ3n) is 28.0. The van der Waals surface area contributed by atoms with Gasteiger partial charge in [-0.05, 0) is 184 Å². The Morgan fingerprint density at radius 3 is 1.59 bits per heavy atom. The van der Waals surface area contributed by atoms with E-state index >= 15 is 0 Å². The fraction of sp³-hybridized carbons (Fsp3) is 0.736. The zero-order chi connectivity index (χ0) is 58.0. The minimum atomic E-state index is -0.387. The van der Waals surface area contributed by atoms with Crippen LogP contribution in [-0.4, -0.2) is 87.9 Å². The minimum absolute atomic E-state index is 0.0292. The van der Waals surface area contributed by atoms with Crippen LogP contribution in [-0.2, 0) is 46.5 Å². The van der Waals surface area contributed by atoms with E-state index in [-0.39, 0.29) is 99.0 Å². The molecule has 11 heteroatoms. The lowest BCUT2D eigenvalue weighted by Gasteiger charge is -2.50. The van der Waals surface area contributed by atoms with Gasteiger partial charge in [-0.3, -0.25) is 9.59 Å². The summed E-state index contributed by atoms with van der Waals surface area (Å²) in [4.78, 5) is 69.0. The number of ether oxygens (including phenoxy) is 4. The molecule has 0 aromatic heterocycles. The molecule has 4 spiro atoms. The highest BCUT2D eigenvalue weighted by atomic mass is 16.6. The predicted molar refractivity (Wildman–Crippen MR) is 316 cm³/mol. The lowest BCUT2D eigenvalue weighted by atomic mass is 9.56. The van der Waals surface area contributed by atoms with Crippen molar-refractivity contribution in [2.75, 3.05) is 13.1 Å². The van der Waals surface area contributed by atoms with Crippen molar-refractivity contribution in [1.82, 2.24) is 9.80 Å². The van der Waals surface area contributed by atoms with E-state index in [1.807, 2.05) is 71.6 Å². The number of piperidine rings is 2. The number of benzene rings is 2. The smallest absolute Gasteiger partial charge is 0.410 e. The van der Waals surface area contributed by atoms with E-state index in [1.165, 1.54) is 31.3 Å². The standard InChI is InChI=1S/C36H49NO5.C36H47NO4/c1-22-17-29-31(37(19-22)32(40)41-20-25-9-7-6-8-10-25)24(3)36(42-29)16-14-27-26-11-12-30(39)33(4,15-13-23(2)38)28(26)18-35(27)21-34(35,36)5;1-22-16-30-31(37(19-22)32(39)40-20-24-8-6-5-7-9-24)23(2)36(41-30)15-13-28-27-11-10-25-17-26(38)12-14-33(25,3)29(27)18-35(28)21-34(35,36)4/h6-10,22,24,26-29,31H,11-21H2,1-5H3;5-9,17,22-23,27-31H,10-16,18-21H2,1-4H3/t22-,24+,26-,27-,28-,29+,31-,33+,34+,35+,36+;22-,23+,27-,28-,29-,30+,31-,33-,34+,35+,36+/m00/s1. The maximum atomic E-state index is 13.6. The number of Topliss-reactive ketones (excluding diaryl/α,β-unsaturated/α-hetero) is 2. The van der Waals surface area contributed by atoms with Crippen LogP contribution in [0.5, 0.6) is 0 Å². The van der Waals surface area contributed by atoms with Gasteiger partial charge in [0.25, 0.3) is 0 Å². The Hall–Kier alpha value is -4.35. The topological polar surface area (TPSA) is 129 Å². The molecule has 9 aliphatic carbocycles. The van der Waals surface area contributed by atoms with E-state index in [4.69, 9.17) is 18.9 Å². The van der Waals surface area contributed by atoms with Crippen LogP contribution in [0.15, 0.2) is 72.3 Å². The van der Waals surface area contributed by atoms with Gasteiger partial charge in [0.15, 0.2) is 5.78 Å². The second-order valence-electron chi connectivity index (χ2n) is 31.5. The van der Waals surface area contributed by atoms with Crippen LogP contribution in [0, 0.1) is 91.7 Å². The third-order valence-corrected chi connectivity index (χ3v) is 28.0. The molecular formula is C72H96N2O9. The van der Waals surface area contributed by atoms with Gasteiger partial charge in [-0.2, -0.15) is 0 Å². The average Bonchev–Trinajstić information content (AvgIpc) is 1.49. The summed E-state index contributed by atoms with van der Waals surface area (Å²) in [7, 11) is 0. The monoisotopic (exact) mass is 1130 g/mol. The van der Waals surface area contributed by atoms with E-state index in [0.717, 1.165) is 100 Å². The summed E-state index contributed by atoms with van der Waals surface area (Å²) in [5.41, 5.74) is 3.63. The summed E-state index contributed by atoms with van der Waals surface area (Å²) in [5.74, 6) is 6.01. The van der Waals surface area contributed by atoms with E-state index in [2.05, 4.69) is 60.3 Å². The Labute approximate surface area is 494 Å². The first-order valence-corrected chi connectivity index (χ1v) is 33.1. The van der Waals surface area contributed by atoms with Crippen molar-refractivity contribution in [3.05, 3.63) is 83.4 Å². The molecule has 0 unspecified atom stereocenters. The van der Waals surface area contributed by atoms with Gasteiger partial charge in [0.2, 0.25) is 0 Å². The highest BCUT2D eigenvalue weighted by Gasteiger charge is 2.86. The van der Waals surface area contributed by atoms with Gasteiger partial charge >= 0.3 is 12.2 Å². The maximum Gasteiger partial charge on any atom is 0.410 e. The van der Waals surface area contributed by atoms with Gasteiger partial charge in [0.05, 0.1) is 35.5 Å².